The minimum Gasteiger partial charge on any atom is -0.396 e. The van der Waals surface area contributed by atoms with Gasteiger partial charge in [-0.25, -0.2) is 0 Å². The van der Waals surface area contributed by atoms with Crippen LogP contribution in [0, 0.1) is 5.92 Å². The van der Waals surface area contributed by atoms with E-state index in [0.717, 1.165) is 6.42 Å². The second-order valence-corrected chi connectivity index (χ2v) is 3.05. The van der Waals surface area contributed by atoms with Crippen molar-refractivity contribution in [2.75, 3.05) is 13.2 Å². The molecule has 68 valence electrons. The number of aliphatic hydroxyl groups is 2. The van der Waals surface area contributed by atoms with E-state index in [0.29, 0.717) is 0 Å². The normalized spacial score (nSPS) is 15.3. The van der Waals surface area contributed by atoms with Gasteiger partial charge in [0.15, 0.2) is 0 Å². The van der Waals surface area contributed by atoms with E-state index in [1.165, 1.54) is 25.7 Å². The minimum absolute atomic E-state index is 0.0972. The summed E-state index contributed by atoms with van der Waals surface area (Å²) in [6.45, 7) is 2.15. The maximum absolute atomic E-state index is 8.37. The molecule has 2 N–H and O–H groups in total. The Bertz CT molecular complexity index is 56.5. The molecule has 0 aromatic rings. The number of hydrogen-bond donors (Lipinski definition) is 2. The van der Waals surface area contributed by atoms with Crippen LogP contribution in [0.1, 0.15) is 39.0 Å². The molecular formula is C9H20O2. The van der Waals surface area contributed by atoms with Gasteiger partial charge in [0.05, 0.1) is 0 Å². The zero-order chi connectivity index (χ0) is 8.53. The molecule has 2 heteroatoms. The van der Waals surface area contributed by atoms with Crippen LogP contribution in [0.15, 0.2) is 0 Å². The van der Waals surface area contributed by atoms with Gasteiger partial charge in [-0.3, -0.25) is 0 Å². The molecule has 0 radical (unpaired) electrons. The molecule has 0 aromatic carbocycles. The first-order valence-corrected chi connectivity index (χ1v) is 4.56. The highest BCUT2D eigenvalue weighted by molar-refractivity contribution is 4.51. The Hall–Kier alpha value is -0.0800. The average Bonchev–Trinajstić information content (AvgIpc) is 1.88. The van der Waals surface area contributed by atoms with E-state index in [-0.39, 0.29) is 19.1 Å². The van der Waals surface area contributed by atoms with Crippen molar-refractivity contribution in [2.24, 2.45) is 5.92 Å². The fraction of sp³-hybridized carbons (Fsp3) is 1.00. The lowest BCUT2D eigenvalue weighted by Crippen LogP contribution is -2.08. The summed E-state index contributed by atoms with van der Waals surface area (Å²) in [5.74, 6) is 0.0972. The summed E-state index contributed by atoms with van der Waals surface area (Å²) >= 11 is 0. The van der Waals surface area contributed by atoms with E-state index in [4.69, 9.17) is 10.2 Å². The summed E-state index contributed by atoms with van der Waals surface area (Å²) < 4.78 is 0. The predicted molar refractivity (Wildman–Crippen MR) is 46.4 cm³/mol. The van der Waals surface area contributed by atoms with Crippen LogP contribution in [-0.2, 0) is 0 Å². The van der Waals surface area contributed by atoms with Crippen LogP contribution < -0.4 is 0 Å². The summed E-state index contributed by atoms with van der Waals surface area (Å²) in [5, 5.41) is 16.7. The van der Waals surface area contributed by atoms with Crippen molar-refractivity contribution in [2.45, 2.75) is 39.0 Å². The molecule has 1 aliphatic rings. The fourth-order valence-electron chi connectivity index (χ4n) is 0.566. The highest BCUT2D eigenvalue weighted by atomic mass is 16.3. The number of hydrogen-bond acceptors (Lipinski definition) is 2. The third-order valence-electron chi connectivity index (χ3n) is 2.09. The number of aliphatic hydroxyl groups excluding tert-OH is 2. The monoisotopic (exact) mass is 160 g/mol. The van der Waals surface area contributed by atoms with Crippen molar-refractivity contribution in [3.05, 3.63) is 0 Å². The lowest BCUT2D eigenvalue weighted by molar-refractivity contribution is 0.147. The summed E-state index contributed by atoms with van der Waals surface area (Å²) in [4.78, 5) is 0. The average molecular weight is 160 g/mol. The highest BCUT2D eigenvalue weighted by Crippen LogP contribution is 2.15. The van der Waals surface area contributed by atoms with Crippen LogP contribution in [0.4, 0.5) is 0 Å². The van der Waals surface area contributed by atoms with Crippen molar-refractivity contribution in [1.29, 1.82) is 0 Å². The van der Waals surface area contributed by atoms with Gasteiger partial charge in [0.25, 0.3) is 0 Å². The molecule has 1 fully saturated rings. The Labute approximate surface area is 69.2 Å². The lowest BCUT2D eigenvalue weighted by Gasteiger charge is -2.05. The van der Waals surface area contributed by atoms with Crippen molar-refractivity contribution >= 4 is 0 Å². The molecule has 0 bridgehead atoms. The highest BCUT2D eigenvalue weighted by Gasteiger charge is 1.98. The third-order valence-corrected chi connectivity index (χ3v) is 2.09. The quantitative estimate of drug-likeness (QED) is 0.657. The Balaban J connectivity index is 0.000000207. The molecule has 11 heavy (non-hydrogen) atoms. The molecule has 0 unspecified atom stereocenters. The Kier molecular flexibility index (Phi) is 7.96. The van der Waals surface area contributed by atoms with Gasteiger partial charge in [-0.05, 0) is 6.42 Å². The van der Waals surface area contributed by atoms with E-state index in [2.05, 4.69) is 0 Å². The fourth-order valence-corrected chi connectivity index (χ4v) is 0.566. The molecule has 2 nitrogen and oxygen atoms in total. The first-order valence-electron chi connectivity index (χ1n) is 4.56. The zero-order valence-electron chi connectivity index (χ0n) is 7.42. The molecule has 0 spiro atoms. The summed E-state index contributed by atoms with van der Waals surface area (Å²) in [6.07, 6.45) is 6.85. The topological polar surface area (TPSA) is 40.5 Å². The van der Waals surface area contributed by atoms with Crippen molar-refractivity contribution in [1.82, 2.24) is 0 Å². The molecule has 1 saturated carbocycles. The van der Waals surface area contributed by atoms with E-state index in [9.17, 15) is 0 Å². The summed E-state index contributed by atoms with van der Waals surface area (Å²) in [7, 11) is 0. The van der Waals surface area contributed by atoms with Gasteiger partial charge in [0, 0.05) is 19.1 Å². The largest absolute Gasteiger partial charge is 0.396 e. The zero-order valence-corrected chi connectivity index (χ0v) is 7.42. The molecule has 0 aromatic heterocycles. The Morgan fingerprint density at radius 3 is 1.36 bits per heavy atom. The van der Waals surface area contributed by atoms with E-state index < -0.39 is 0 Å². The van der Waals surface area contributed by atoms with Gasteiger partial charge < -0.3 is 10.2 Å². The van der Waals surface area contributed by atoms with Crippen molar-refractivity contribution in [3.8, 4) is 0 Å². The van der Waals surface area contributed by atoms with Crippen LogP contribution >= 0.6 is 0 Å². The van der Waals surface area contributed by atoms with Crippen LogP contribution in [0.25, 0.3) is 0 Å². The van der Waals surface area contributed by atoms with E-state index in [1.807, 2.05) is 6.92 Å². The lowest BCUT2D eigenvalue weighted by atomic mass is 10.0. The third kappa shape index (κ3) is 6.32. The predicted octanol–water partition coefficient (Wildman–Crippen LogP) is 1.56. The van der Waals surface area contributed by atoms with Gasteiger partial charge in [0.1, 0.15) is 0 Å². The second kappa shape index (κ2) is 8.02. The molecule has 0 atom stereocenters. The maximum Gasteiger partial charge on any atom is 0.0481 e. The first-order chi connectivity index (χ1) is 5.35. The summed E-state index contributed by atoms with van der Waals surface area (Å²) in [5.41, 5.74) is 0. The Morgan fingerprint density at radius 1 is 1.00 bits per heavy atom. The minimum atomic E-state index is 0.0972. The number of rotatable bonds is 3. The summed E-state index contributed by atoms with van der Waals surface area (Å²) in [6, 6.07) is 0. The van der Waals surface area contributed by atoms with Crippen LogP contribution in [0.5, 0.6) is 0 Å². The first kappa shape index (κ1) is 10.9. The van der Waals surface area contributed by atoms with Crippen molar-refractivity contribution < 1.29 is 10.2 Å². The smallest absolute Gasteiger partial charge is 0.0481 e. The van der Waals surface area contributed by atoms with Gasteiger partial charge in [-0.2, -0.15) is 0 Å². The van der Waals surface area contributed by atoms with E-state index in [1.54, 1.807) is 0 Å². The van der Waals surface area contributed by atoms with Gasteiger partial charge >= 0.3 is 0 Å². The SMILES string of the molecule is C1CCC1.CCC(CO)CO. The van der Waals surface area contributed by atoms with Gasteiger partial charge in [0.2, 0.25) is 0 Å². The Morgan fingerprint density at radius 2 is 1.36 bits per heavy atom. The molecular weight excluding hydrogens is 140 g/mol. The molecule has 1 aliphatic carbocycles. The van der Waals surface area contributed by atoms with Gasteiger partial charge in [-0.15, -0.1) is 0 Å². The van der Waals surface area contributed by atoms with Crippen LogP contribution in [0.2, 0.25) is 0 Å². The van der Waals surface area contributed by atoms with Crippen LogP contribution in [-0.4, -0.2) is 23.4 Å². The van der Waals surface area contributed by atoms with Gasteiger partial charge in [-0.1, -0.05) is 32.6 Å². The molecule has 1 rings (SSSR count). The van der Waals surface area contributed by atoms with E-state index >= 15 is 0 Å². The second-order valence-electron chi connectivity index (χ2n) is 3.05. The standard InChI is InChI=1S/C5H12O2.C4H8/c1-2-5(3-6)4-7;1-2-4-3-1/h5-7H,2-4H2,1H3;1-4H2. The molecule has 0 amide bonds. The molecule has 0 aliphatic heterocycles. The van der Waals surface area contributed by atoms with Crippen molar-refractivity contribution in [3.63, 3.8) is 0 Å². The molecule has 0 heterocycles. The maximum atomic E-state index is 8.37. The molecule has 0 saturated heterocycles. The van der Waals surface area contributed by atoms with Crippen LogP contribution in [0.3, 0.4) is 0 Å².